The fraction of sp³-hybridized carbons (Fsp3) is 0.571. The monoisotopic (exact) mass is 485 g/mol. The molecule has 0 saturated carbocycles. The van der Waals surface area contributed by atoms with Gasteiger partial charge in [-0.15, -0.1) is 0 Å². The van der Waals surface area contributed by atoms with Gasteiger partial charge < -0.3 is 28.4 Å². The van der Waals surface area contributed by atoms with Gasteiger partial charge in [-0.05, 0) is 55.7 Å². The first-order valence-corrected chi connectivity index (χ1v) is 12.6. The SMILES string of the molecule is COc1c2c(c(OC)c(OC)c1OC)CC(CCCCOc1ccc(CN3CCOCC3)cc1)C2. The van der Waals surface area contributed by atoms with Crippen LogP contribution in [0.4, 0.5) is 0 Å². The smallest absolute Gasteiger partial charge is 0.207 e. The Hall–Kier alpha value is -2.64. The van der Waals surface area contributed by atoms with E-state index in [0.717, 1.165) is 88.8 Å². The predicted octanol–water partition coefficient (Wildman–Crippen LogP) is 4.52. The molecule has 1 saturated heterocycles. The highest BCUT2D eigenvalue weighted by Crippen LogP contribution is 2.53. The maximum Gasteiger partial charge on any atom is 0.207 e. The summed E-state index contributed by atoms with van der Waals surface area (Å²) < 4.78 is 34.1. The zero-order valence-corrected chi connectivity index (χ0v) is 21.6. The minimum absolute atomic E-state index is 0.545. The van der Waals surface area contributed by atoms with E-state index < -0.39 is 0 Å². The van der Waals surface area contributed by atoms with E-state index >= 15 is 0 Å². The molecule has 1 aliphatic carbocycles. The number of ether oxygens (including phenoxy) is 6. The van der Waals surface area contributed by atoms with E-state index in [2.05, 4.69) is 29.2 Å². The molecule has 0 spiro atoms. The number of nitrogens with zero attached hydrogens (tertiary/aromatic N) is 1. The van der Waals surface area contributed by atoms with Crippen molar-refractivity contribution in [1.29, 1.82) is 0 Å². The molecule has 0 unspecified atom stereocenters. The number of morpholine rings is 1. The second-order valence-electron chi connectivity index (χ2n) is 9.24. The number of hydrogen-bond donors (Lipinski definition) is 0. The Morgan fingerprint density at radius 2 is 1.34 bits per heavy atom. The van der Waals surface area contributed by atoms with E-state index in [1.54, 1.807) is 28.4 Å². The molecule has 1 heterocycles. The lowest BCUT2D eigenvalue weighted by Gasteiger charge is -2.26. The molecule has 0 N–H and O–H groups in total. The molecule has 7 nitrogen and oxygen atoms in total. The third kappa shape index (κ3) is 5.96. The lowest BCUT2D eigenvalue weighted by atomic mass is 9.99. The van der Waals surface area contributed by atoms with Gasteiger partial charge in [0.2, 0.25) is 11.5 Å². The van der Waals surface area contributed by atoms with Gasteiger partial charge in [0.15, 0.2) is 11.5 Å². The Morgan fingerprint density at radius 3 is 1.89 bits per heavy atom. The van der Waals surface area contributed by atoms with Gasteiger partial charge in [-0.2, -0.15) is 0 Å². The van der Waals surface area contributed by atoms with Crippen LogP contribution in [0.3, 0.4) is 0 Å². The van der Waals surface area contributed by atoms with Crippen LogP contribution in [0.1, 0.15) is 36.0 Å². The van der Waals surface area contributed by atoms with Gasteiger partial charge in [0.05, 0.1) is 48.3 Å². The van der Waals surface area contributed by atoms with E-state index in [1.165, 1.54) is 16.7 Å². The van der Waals surface area contributed by atoms with Gasteiger partial charge in [-0.1, -0.05) is 12.1 Å². The second kappa shape index (κ2) is 12.4. The van der Waals surface area contributed by atoms with Gasteiger partial charge in [0, 0.05) is 30.8 Å². The first-order valence-electron chi connectivity index (χ1n) is 12.6. The largest absolute Gasteiger partial charge is 0.494 e. The minimum Gasteiger partial charge on any atom is -0.494 e. The van der Waals surface area contributed by atoms with Crippen LogP contribution < -0.4 is 23.7 Å². The fourth-order valence-corrected chi connectivity index (χ4v) is 5.28. The molecule has 0 radical (unpaired) electrons. The van der Waals surface area contributed by atoms with Crippen molar-refractivity contribution in [2.75, 3.05) is 61.3 Å². The summed E-state index contributed by atoms with van der Waals surface area (Å²) in [5.41, 5.74) is 3.68. The molecule has 2 aromatic rings. The molecular formula is C28H39NO6. The zero-order valence-electron chi connectivity index (χ0n) is 21.6. The van der Waals surface area contributed by atoms with Crippen LogP contribution in [0.2, 0.25) is 0 Å². The summed E-state index contributed by atoms with van der Waals surface area (Å²) in [5.74, 6) is 4.24. The van der Waals surface area contributed by atoms with Crippen LogP contribution in [-0.2, 0) is 24.1 Å². The molecular weight excluding hydrogens is 446 g/mol. The average Bonchev–Trinajstić information content (AvgIpc) is 3.32. The van der Waals surface area contributed by atoms with Gasteiger partial charge in [0.1, 0.15) is 5.75 Å². The van der Waals surface area contributed by atoms with E-state index in [1.807, 2.05) is 0 Å². The van der Waals surface area contributed by atoms with Crippen LogP contribution in [0.15, 0.2) is 24.3 Å². The average molecular weight is 486 g/mol. The maximum absolute atomic E-state index is 6.00. The standard InChI is InChI=1S/C28H39NO6/c1-30-25-23-17-21(18-24(23)26(31-2)28(33-4)27(25)32-3)7-5-6-14-35-22-10-8-20(9-11-22)19-29-12-15-34-16-13-29/h8-11,21H,5-7,12-19H2,1-4H3. The zero-order chi connectivity index (χ0) is 24.6. The molecule has 0 amide bonds. The van der Waals surface area contributed by atoms with Gasteiger partial charge in [-0.3, -0.25) is 4.90 Å². The Morgan fingerprint density at radius 1 is 0.771 bits per heavy atom. The number of fused-ring (bicyclic) bond motifs is 1. The first kappa shape index (κ1) is 25.5. The van der Waals surface area contributed by atoms with E-state index in [9.17, 15) is 0 Å². The predicted molar refractivity (Wildman–Crippen MR) is 135 cm³/mol. The Balaban J connectivity index is 1.24. The van der Waals surface area contributed by atoms with Crippen molar-refractivity contribution in [2.45, 2.75) is 38.6 Å². The van der Waals surface area contributed by atoms with Crippen molar-refractivity contribution in [1.82, 2.24) is 4.90 Å². The minimum atomic E-state index is 0.545. The Kier molecular flexibility index (Phi) is 8.99. The molecule has 2 aliphatic rings. The summed E-state index contributed by atoms with van der Waals surface area (Å²) in [7, 11) is 6.64. The van der Waals surface area contributed by atoms with Crippen molar-refractivity contribution in [3.05, 3.63) is 41.0 Å². The van der Waals surface area contributed by atoms with Crippen molar-refractivity contribution >= 4 is 0 Å². The van der Waals surface area contributed by atoms with E-state index in [-0.39, 0.29) is 0 Å². The van der Waals surface area contributed by atoms with Crippen LogP contribution in [0.25, 0.3) is 0 Å². The van der Waals surface area contributed by atoms with E-state index in [0.29, 0.717) is 17.4 Å². The van der Waals surface area contributed by atoms with Crippen molar-refractivity contribution < 1.29 is 28.4 Å². The highest BCUT2D eigenvalue weighted by molar-refractivity contribution is 5.68. The lowest BCUT2D eigenvalue weighted by molar-refractivity contribution is 0.0342. The van der Waals surface area contributed by atoms with Crippen LogP contribution in [-0.4, -0.2) is 66.2 Å². The number of methoxy groups -OCH3 is 4. The normalized spacial score (nSPS) is 16.1. The fourth-order valence-electron chi connectivity index (χ4n) is 5.28. The highest BCUT2D eigenvalue weighted by Gasteiger charge is 2.33. The van der Waals surface area contributed by atoms with Crippen LogP contribution in [0, 0.1) is 5.92 Å². The molecule has 4 rings (SSSR count). The third-order valence-corrected chi connectivity index (χ3v) is 7.04. The Labute approximate surface area is 209 Å². The Bertz CT molecular complexity index is 914. The molecule has 1 aliphatic heterocycles. The summed E-state index contributed by atoms with van der Waals surface area (Å²) in [4.78, 5) is 2.43. The van der Waals surface area contributed by atoms with Crippen LogP contribution in [0.5, 0.6) is 28.7 Å². The molecule has 0 bridgehead atoms. The van der Waals surface area contributed by atoms with Gasteiger partial charge >= 0.3 is 0 Å². The third-order valence-electron chi connectivity index (χ3n) is 7.04. The quantitative estimate of drug-likeness (QED) is 0.410. The van der Waals surface area contributed by atoms with E-state index in [4.69, 9.17) is 28.4 Å². The van der Waals surface area contributed by atoms with Gasteiger partial charge in [0.25, 0.3) is 0 Å². The van der Waals surface area contributed by atoms with Crippen molar-refractivity contribution in [3.8, 4) is 28.7 Å². The summed E-state index contributed by atoms with van der Waals surface area (Å²) >= 11 is 0. The molecule has 0 aromatic heterocycles. The molecule has 35 heavy (non-hydrogen) atoms. The topological polar surface area (TPSA) is 58.6 Å². The van der Waals surface area contributed by atoms with Crippen molar-refractivity contribution in [2.24, 2.45) is 5.92 Å². The molecule has 0 atom stereocenters. The summed E-state index contributed by atoms with van der Waals surface area (Å²) in [6.45, 7) is 5.38. The summed E-state index contributed by atoms with van der Waals surface area (Å²) in [5, 5.41) is 0. The number of benzene rings is 2. The molecule has 1 fully saturated rings. The first-order chi connectivity index (χ1) is 17.2. The molecule has 2 aromatic carbocycles. The summed E-state index contributed by atoms with van der Waals surface area (Å²) in [6, 6.07) is 8.51. The second-order valence-corrected chi connectivity index (χ2v) is 9.24. The molecule has 7 heteroatoms. The number of unbranched alkanes of at least 4 members (excludes halogenated alkanes) is 1. The highest BCUT2D eigenvalue weighted by atomic mass is 16.5. The number of hydrogen-bond acceptors (Lipinski definition) is 7. The summed E-state index contributed by atoms with van der Waals surface area (Å²) in [6.07, 6.45) is 5.20. The lowest BCUT2D eigenvalue weighted by Crippen LogP contribution is -2.35. The maximum atomic E-state index is 6.00. The van der Waals surface area contributed by atoms with Crippen molar-refractivity contribution in [3.63, 3.8) is 0 Å². The number of rotatable bonds is 12. The van der Waals surface area contributed by atoms with Gasteiger partial charge in [-0.25, -0.2) is 0 Å². The molecule has 192 valence electrons. The van der Waals surface area contributed by atoms with Crippen LogP contribution >= 0.6 is 0 Å².